The molecule has 3 nitrogen and oxygen atoms in total. The van der Waals surface area contributed by atoms with Gasteiger partial charge in [-0.05, 0) is 20.3 Å². The van der Waals surface area contributed by atoms with Crippen molar-refractivity contribution in [3.63, 3.8) is 0 Å². The van der Waals surface area contributed by atoms with Crippen molar-refractivity contribution >= 4 is 5.78 Å². The molecule has 76 valence electrons. The minimum absolute atomic E-state index is 0.0513. The van der Waals surface area contributed by atoms with Gasteiger partial charge >= 0.3 is 0 Å². The van der Waals surface area contributed by atoms with Gasteiger partial charge < -0.3 is 5.21 Å². The van der Waals surface area contributed by atoms with Crippen LogP contribution in [0.1, 0.15) is 40.5 Å². The first-order valence-electron chi connectivity index (χ1n) is 4.93. The Morgan fingerprint density at radius 2 is 2.15 bits per heavy atom. The molecular formula is C10H19NO2. The highest BCUT2D eigenvalue weighted by atomic mass is 16.5. The molecular weight excluding hydrogens is 166 g/mol. The van der Waals surface area contributed by atoms with Crippen LogP contribution in [0.15, 0.2) is 0 Å². The Morgan fingerprint density at radius 3 is 2.62 bits per heavy atom. The average molecular weight is 185 g/mol. The number of carbonyl (C=O) groups is 1. The van der Waals surface area contributed by atoms with Crippen LogP contribution in [0.3, 0.4) is 0 Å². The number of Topliss-reactive ketones (excluding diaryl/α,β-unsaturated/α-hetero) is 1. The molecule has 0 radical (unpaired) electrons. The summed E-state index contributed by atoms with van der Waals surface area (Å²) in [6.45, 7) is 7.72. The van der Waals surface area contributed by atoms with E-state index in [1.54, 1.807) is 0 Å². The zero-order valence-corrected chi connectivity index (χ0v) is 8.87. The summed E-state index contributed by atoms with van der Waals surface area (Å²) in [5, 5.41) is 11.2. The van der Waals surface area contributed by atoms with E-state index in [0.717, 1.165) is 6.42 Å². The summed E-state index contributed by atoms with van der Waals surface area (Å²) >= 11 is 0. The lowest BCUT2D eigenvalue weighted by Crippen LogP contribution is -2.57. The maximum atomic E-state index is 11.6. The van der Waals surface area contributed by atoms with E-state index in [1.807, 2.05) is 27.7 Å². The Balaban J connectivity index is 2.88. The highest BCUT2D eigenvalue weighted by molar-refractivity contribution is 5.83. The van der Waals surface area contributed by atoms with E-state index >= 15 is 0 Å². The Labute approximate surface area is 79.7 Å². The van der Waals surface area contributed by atoms with Crippen molar-refractivity contribution in [2.45, 2.75) is 52.1 Å². The van der Waals surface area contributed by atoms with Crippen LogP contribution >= 0.6 is 0 Å². The van der Waals surface area contributed by atoms with Crippen LogP contribution in [0, 0.1) is 5.92 Å². The molecule has 0 amide bonds. The molecule has 1 aliphatic rings. The first kappa shape index (κ1) is 10.7. The monoisotopic (exact) mass is 185 g/mol. The number of hydroxylamine groups is 2. The summed E-state index contributed by atoms with van der Waals surface area (Å²) in [4.78, 5) is 11.6. The molecule has 1 aliphatic heterocycles. The maximum absolute atomic E-state index is 11.6. The number of hydrogen-bond acceptors (Lipinski definition) is 3. The molecule has 1 rings (SSSR count). The summed E-state index contributed by atoms with van der Waals surface area (Å²) in [7, 11) is 0. The van der Waals surface area contributed by atoms with Crippen LogP contribution < -0.4 is 0 Å². The van der Waals surface area contributed by atoms with E-state index in [2.05, 4.69) is 0 Å². The van der Waals surface area contributed by atoms with E-state index in [9.17, 15) is 10.0 Å². The van der Waals surface area contributed by atoms with Gasteiger partial charge in [-0.2, -0.15) is 5.06 Å². The summed E-state index contributed by atoms with van der Waals surface area (Å²) in [5.74, 6) is 0.215. The Hall–Kier alpha value is -0.410. The quantitative estimate of drug-likeness (QED) is 0.677. The SMILES string of the molecule is CCC1(C)CC(=O)C(C)C(C)N1O. The minimum atomic E-state index is -0.358. The minimum Gasteiger partial charge on any atom is -0.313 e. The van der Waals surface area contributed by atoms with E-state index in [1.165, 1.54) is 5.06 Å². The van der Waals surface area contributed by atoms with Gasteiger partial charge in [0.25, 0.3) is 0 Å². The fourth-order valence-electron chi connectivity index (χ4n) is 1.88. The van der Waals surface area contributed by atoms with Gasteiger partial charge in [0, 0.05) is 18.4 Å². The topological polar surface area (TPSA) is 40.5 Å². The second-order valence-corrected chi connectivity index (χ2v) is 4.37. The number of rotatable bonds is 1. The Kier molecular flexibility index (Phi) is 2.78. The van der Waals surface area contributed by atoms with Crippen LogP contribution in [-0.2, 0) is 4.79 Å². The molecule has 3 heteroatoms. The number of hydrogen-bond donors (Lipinski definition) is 1. The van der Waals surface area contributed by atoms with Crippen LogP contribution in [-0.4, -0.2) is 27.6 Å². The highest BCUT2D eigenvalue weighted by Crippen LogP contribution is 2.33. The van der Waals surface area contributed by atoms with Gasteiger partial charge in [0.2, 0.25) is 0 Å². The number of ketones is 1. The fourth-order valence-corrected chi connectivity index (χ4v) is 1.88. The second kappa shape index (κ2) is 3.39. The first-order chi connectivity index (χ1) is 5.92. The van der Waals surface area contributed by atoms with Gasteiger partial charge in [-0.3, -0.25) is 4.79 Å². The molecule has 1 fully saturated rings. The number of nitrogens with zero attached hydrogens (tertiary/aromatic N) is 1. The smallest absolute Gasteiger partial charge is 0.139 e. The lowest BCUT2D eigenvalue weighted by molar-refractivity contribution is -0.221. The van der Waals surface area contributed by atoms with E-state index in [-0.39, 0.29) is 23.3 Å². The van der Waals surface area contributed by atoms with Gasteiger partial charge in [-0.25, -0.2) is 0 Å². The van der Waals surface area contributed by atoms with Crippen molar-refractivity contribution in [3.8, 4) is 0 Å². The summed E-state index contributed by atoms with van der Waals surface area (Å²) in [6.07, 6.45) is 1.26. The molecule has 1 saturated heterocycles. The summed E-state index contributed by atoms with van der Waals surface area (Å²) in [5.41, 5.74) is -0.358. The zero-order valence-electron chi connectivity index (χ0n) is 8.87. The first-order valence-corrected chi connectivity index (χ1v) is 4.93. The third-order valence-electron chi connectivity index (χ3n) is 3.49. The van der Waals surface area contributed by atoms with Crippen molar-refractivity contribution in [2.24, 2.45) is 5.92 Å². The third kappa shape index (κ3) is 1.63. The van der Waals surface area contributed by atoms with E-state index < -0.39 is 0 Å². The second-order valence-electron chi connectivity index (χ2n) is 4.37. The van der Waals surface area contributed by atoms with Crippen molar-refractivity contribution in [1.82, 2.24) is 5.06 Å². The number of piperidine rings is 1. The lowest BCUT2D eigenvalue weighted by Gasteiger charge is -2.45. The van der Waals surface area contributed by atoms with Gasteiger partial charge in [0.15, 0.2) is 0 Å². The predicted octanol–water partition coefficient (Wildman–Crippen LogP) is 1.84. The molecule has 0 bridgehead atoms. The van der Waals surface area contributed by atoms with Crippen molar-refractivity contribution in [2.75, 3.05) is 0 Å². The molecule has 0 saturated carbocycles. The third-order valence-corrected chi connectivity index (χ3v) is 3.49. The van der Waals surface area contributed by atoms with Crippen LogP contribution in [0.5, 0.6) is 0 Å². The molecule has 0 aliphatic carbocycles. The van der Waals surface area contributed by atoms with Gasteiger partial charge in [0.1, 0.15) is 5.78 Å². The normalized spacial score (nSPS) is 42.4. The molecule has 3 unspecified atom stereocenters. The fraction of sp³-hybridized carbons (Fsp3) is 0.900. The Bertz CT molecular complexity index is 217. The van der Waals surface area contributed by atoms with Crippen molar-refractivity contribution in [1.29, 1.82) is 0 Å². The lowest BCUT2D eigenvalue weighted by atomic mass is 9.79. The van der Waals surface area contributed by atoms with Crippen LogP contribution in [0.2, 0.25) is 0 Å². The molecule has 1 heterocycles. The largest absolute Gasteiger partial charge is 0.313 e. The van der Waals surface area contributed by atoms with Crippen LogP contribution in [0.4, 0.5) is 0 Å². The van der Waals surface area contributed by atoms with E-state index in [0.29, 0.717) is 6.42 Å². The molecule has 0 spiro atoms. The summed E-state index contributed by atoms with van der Waals surface area (Å²) in [6, 6.07) is -0.0637. The van der Waals surface area contributed by atoms with E-state index in [4.69, 9.17) is 0 Å². The molecule has 0 aromatic rings. The van der Waals surface area contributed by atoms with Crippen molar-refractivity contribution < 1.29 is 10.0 Å². The average Bonchev–Trinajstić information content (AvgIpc) is 2.12. The van der Waals surface area contributed by atoms with Gasteiger partial charge in [-0.15, -0.1) is 0 Å². The molecule has 13 heavy (non-hydrogen) atoms. The standard InChI is InChI=1S/C10H19NO2/c1-5-10(4)6-9(12)7(2)8(3)11(10)13/h7-8,13H,5-6H2,1-4H3. The summed E-state index contributed by atoms with van der Waals surface area (Å²) < 4.78 is 0. The zero-order chi connectivity index (χ0) is 10.2. The van der Waals surface area contributed by atoms with Gasteiger partial charge in [0.05, 0.1) is 5.54 Å². The van der Waals surface area contributed by atoms with Gasteiger partial charge in [-0.1, -0.05) is 13.8 Å². The molecule has 3 atom stereocenters. The maximum Gasteiger partial charge on any atom is 0.139 e. The predicted molar refractivity (Wildman–Crippen MR) is 50.6 cm³/mol. The number of carbonyl (C=O) groups excluding carboxylic acids is 1. The molecule has 0 aromatic carbocycles. The Morgan fingerprint density at radius 1 is 1.62 bits per heavy atom. The molecule has 1 N–H and O–H groups in total. The van der Waals surface area contributed by atoms with Crippen LogP contribution in [0.25, 0.3) is 0 Å². The highest BCUT2D eigenvalue weighted by Gasteiger charge is 2.43. The van der Waals surface area contributed by atoms with Crippen molar-refractivity contribution in [3.05, 3.63) is 0 Å². The molecule has 0 aromatic heterocycles.